The summed E-state index contributed by atoms with van der Waals surface area (Å²) < 4.78 is 48.3. The van der Waals surface area contributed by atoms with E-state index in [0.29, 0.717) is 64.8 Å². The second-order valence-electron chi connectivity index (χ2n) is 11.5. The minimum Gasteiger partial charge on any atom is -0.444 e. The van der Waals surface area contributed by atoms with Crippen LogP contribution in [0.4, 0.5) is 19.4 Å². The van der Waals surface area contributed by atoms with Crippen molar-refractivity contribution in [2.75, 3.05) is 64.0 Å². The number of ether oxygens (including phenoxy) is 3. The predicted molar refractivity (Wildman–Crippen MR) is 136 cm³/mol. The van der Waals surface area contributed by atoms with Crippen molar-refractivity contribution in [3.63, 3.8) is 0 Å². The largest absolute Gasteiger partial charge is 0.444 e. The summed E-state index contributed by atoms with van der Waals surface area (Å²) in [4.78, 5) is 18.1. The molecule has 1 aromatic rings. The number of amides is 1. The maximum atomic E-state index is 14.8. The number of carbonyl (C=O) groups excluding carboxylic acids is 1. The van der Waals surface area contributed by atoms with Gasteiger partial charge in [-0.05, 0) is 47.0 Å². The highest BCUT2D eigenvalue weighted by Gasteiger charge is 2.49. The number of anilines is 1. The minimum atomic E-state index is -2.52. The molecule has 0 bridgehead atoms. The number of alkyl halides is 2. The van der Waals surface area contributed by atoms with Crippen LogP contribution in [-0.2, 0) is 14.2 Å². The van der Waals surface area contributed by atoms with E-state index in [9.17, 15) is 13.6 Å². The third-order valence-corrected chi connectivity index (χ3v) is 7.69. The van der Waals surface area contributed by atoms with Gasteiger partial charge in [-0.15, -0.1) is 0 Å². The smallest absolute Gasteiger partial charge is 0.410 e. The number of hydrogen-bond acceptors (Lipinski definition) is 7. The molecule has 0 saturated carbocycles. The van der Waals surface area contributed by atoms with Gasteiger partial charge in [-0.2, -0.15) is 5.10 Å². The van der Waals surface area contributed by atoms with E-state index in [1.54, 1.807) is 4.90 Å². The van der Waals surface area contributed by atoms with Crippen LogP contribution >= 0.6 is 0 Å². The molecular weight excluding hydrogens is 484 g/mol. The Hall–Kier alpha value is -1.98. The number of carbonyl (C=O) groups is 1. The summed E-state index contributed by atoms with van der Waals surface area (Å²) in [6, 6.07) is 2.04. The molecule has 1 aromatic heterocycles. The van der Waals surface area contributed by atoms with E-state index >= 15 is 0 Å². The molecular formula is C26H43F2N5O4. The lowest BCUT2D eigenvalue weighted by Crippen LogP contribution is -2.67. The molecule has 3 fully saturated rings. The molecule has 11 heteroatoms. The third kappa shape index (κ3) is 6.37. The number of hydrogen-bond donors (Lipinski definition) is 0. The van der Waals surface area contributed by atoms with Crippen molar-refractivity contribution in [1.82, 2.24) is 19.6 Å². The van der Waals surface area contributed by atoms with Gasteiger partial charge < -0.3 is 24.0 Å². The number of halogens is 2. The fourth-order valence-corrected chi connectivity index (χ4v) is 5.68. The normalized spacial score (nSPS) is 26.6. The van der Waals surface area contributed by atoms with Crippen molar-refractivity contribution >= 4 is 11.9 Å². The molecule has 0 radical (unpaired) electrons. The Kier molecular flexibility index (Phi) is 8.65. The van der Waals surface area contributed by atoms with Gasteiger partial charge in [0.2, 0.25) is 0 Å². The summed E-state index contributed by atoms with van der Waals surface area (Å²) in [7, 11) is 0. The summed E-state index contributed by atoms with van der Waals surface area (Å²) >= 11 is 0. The van der Waals surface area contributed by atoms with Crippen molar-refractivity contribution in [3.05, 3.63) is 11.8 Å². The number of aryl methyl sites for hydroxylation is 1. The zero-order chi connectivity index (χ0) is 26.8. The zero-order valence-electron chi connectivity index (χ0n) is 22.9. The maximum absolute atomic E-state index is 14.8. The first-order valence-electron chi connectivity index (χ1n) is 13.5. The quantitative estimate of drug-likeness (QED) is 0.559. The van der Waals surface area contributed by atoms with Gasteiger partial charge in [0, 0.05) is 51.0 Å². The van der Waals surface area contributed by atoms with E-state index in [4.69, 9.17) is 19.3 Å². The first-order chi connectivity index (χ1) is 17.5. The monoisotopic (exact) mass is 527 g/mol. The average molecular weight is 528 g/mol. The standard InChI is InChI=1S/C26H43F2N5O4/c1-6-26(23(27)28)18-30(16-21-17-35-13-14-36-21)11-12-32(26)22-15-19(2)33(29-22)20-7-9-31(10-8-20)24(34)37-25(3,4)5/h15,20-21,23H,6-14,16-18H2,1-5H3/t21-,26+/m1/s1. The highest BCUT2D eigenvalue weighted by molar-refractivity contribution is 5.68. The second kappa shape index (κ2) is 11.4. The van der Waals surface area contributed by atoms with E-state index in [1.165, 1.54) is 0 Å². The summed E-state index contributed by atoms with van der Waals surface area (Å²) in [5.41, 5.74) is -0.904. The number of likely N-dealkylation sites (tertiary alicyclic amines) is 1. The van der Waals surface area contributed by atoms with Crippen molar-refractivity contribution in [2.45, 2.75) is 83.6 Å². The Morgan fingerprint density at radius 1 is 1.22 bits per heavy atom. The van der Waals surface area contributed by atoms with Gasteiger partial charge in [-0.3, -0.25) is 9.58 Å². The summed E-state index contributed by atoms with van der Waals surface area (Å²) in [5, 5.41) is 4.86. The Morgan fingerprint density at radius 3 is 2.54 bits per heavy atom. The Bertz CT molecular complexity index is 909. The van der Waals surface area contributed by atoms with E-state index in [-0.39, 0.29) is 24.8 Å². The Balaban J connectivity index is 1.45. The van der Waals surface area contributed by atoms with Crippen LogP contribution in [0.25, 0.3) is 0 Å². The van der Waals surface area contributed by atoms with Crippen LogP contribution < -0.4 is 4.90 Å². The maximum Gasteiger partial charge on any atom is 0.410 e. The molecule has 4 rings (SSSR count). The van der Waals surface area contributed by atoms with E-state index < -0.39 is 17.6 Å². The van der Waals surface area contributed by atoms with Gasteiger partial charge in [0.1, 0.15) is 11.1 Å². The number of aromatic nitrogens is 2. The molecule has 0 aliphatic carbocycles. The van der Waals surface area contributed by atoms with Crippen molar-refractivity contribution in [1.29, 1.82) is 0 Å². The third-order valence-electron chi connectivity index (χ3n) is 7.69. The number of nitrogens with zero attached hydrogens (tertiary/aromatic N) is 5. The van der Waals surface area contributed by atoms with Gasteiger partial charge in [-0.25, -0.2) is 13.6 Å². The van der Waals surface area contributed by atoms with Crippen molar-refractivity contribution in [3.8, 4) is 0 Å². The summed E-state index contributed by atoms with van der Waals surface area (Å²) in [6.07, 6.45) is -1.11. The molecule has 0 unspecified atom stereocenters. The predicted octanol–water partition coefficient (Wildman–Crippen LogP) is 3.71. The lowest BCUT2D eigenvalue weighted by Gasteiger charge is -2.50. The molecule has 3 aliphatic heterocycles. The van der Waals surface area contributed by atoms with Gasteiger partial charge in [0.15, 0.2) is 5.82 Å². The summed E-state index contributed by atoms with van der Waals surface area (Å²) in [5.74, 6) is 0.603. The van der Waals surface area contributed by atoms with Crippen LogP contribution in [-0.4, -0.2) is 108 Å². The highest BCUT2D eigenvalue weighted by atomic mass is 19.3. The first-order valence-corrected chi connectivity index (χ1v) is 13.5. The van der Waals surface area contributed by atoms with Gasteiger partial charge in [0.25, 0.3) is 6.43 Å². The second-order valence-corrected chi connectivity index (χ2v) is 11.5. The SMILES string of the molecule is CC[C@@]1(C(F)F)CN(C[C@@H]2COCCO2)CCN1c1cc(C)n(C2CCN(C(=O)OC(C)(C)C)CC2)n1. The Labute approximate surface area is 219 Å². The van der Waals surface area contributed by atoms with Gasteiger partial charge in [0.05, 0.1) is 32.0 Å². The fourth-order valence-electron chi connectivity index (χ4n) is 5.68. The molecule has 3 aliphatic rings. The molecule has 9 nitrogen and oxygen atoms in total. The van der Waals surface area contributed by atoms with Gasteiger partial charge in [-0.1, -0.05) is 6.92 Å². The van der Waals surface area contributed by atoms with Crippen LogP contribution in [0.5, 0.6) is 0 Å². The van der Waals surface area contributed by atoms with Crippen LogP contribution in [0.3, 0.4) is 0 Å². The molecule has 3 saturated heterocycles. The van der Waals surface area contributed by atoms with E-state index in [1.807, 2.05) is 50.3 Å². The van der Waals surface area contributed by atoms with Crippen LogP contribution in [0.2, 0.25) is 0 Å². The molecule has 0 aromatic carbocycles. The van der Waals surface area contributed by atoms with Gasteiger partial charge >= 0.3 is 6.09 Å². The molecule has 37 heavy (non-hydrogen) atoms. The molecule has 0 spiro atoms. The molecule has 0 N–H and O–H groups in total. The topological polar surface area (TPSA) is 72.3 Å². The molecule has 2 atom stereocenters. The van der Waals surface area contributed by atoms with Crippen LogP contribution in [0.1, 0.15) is 58.7 Å². The lowest BCUT2D eigenvalue weighted by atomic mass is 9.90. The Morgan fingerprint density at radius 2 is 1.95 bits per heavy atom. The fraction of sp³-hybridized carbons (Fsp3) is 0.846. The average Bonchev–Trinajstić information content (AvgIpc) is 3.24. The van der Waals surface area contributed by atoms with E-state index in [0.717, 1.165) is 18.5 Å². The lowest BCUT2D eigenvalue weighted by molar-refractivity contribution is -0.103. The van der Waals surface area contributed by atoms with Crippen molar-refractivity contribution < 1.29 is 27.8 Å². The van der Waals surface area contributed by atoms with E-state index in [2.05, 4.69) is 4.90 Å². The van der Waals surface area contributed by atoms with Crippen LogP contribution in [0, 0.1) is 6.92 Å². The molecule has 210 valence electrons. The number of piperidine rings is 1. The minimum absolute atomic E-state index is 0.0828. The number of piperazine rings is 1. The molecule has 1 amide bonds. The first kappa shape index (κ1) is 28.0. The number of rotatable bonds is 6. The summed E-state index contributed by atoms with van der Waals surface area (Å²) in [6.45, 7) is 14.2. The zero-order valence-corrected chi connectivity index (χ0v) is 22.9. The van der Waals surface area contributed by atoms with Crippen LogP contribution in [0.15, 0.2) is 6.07 Å². The molecule has 4 heterocycles. The highest BCUT2D eigenvalue weighted by Crippen LogP contribution is 2.37. The van der Waals surface area contributed by atoms with Crippen molar-refractivity contribution in [2.24, 2.45) is 0 Å².